The Bertz CT molecular complexity index is 922. The highest BCUT2D eigenvalue weighted by molar-refractivity contribution is 7.59. The molecule has 6 rings (SSSR count). The summed E-state index contributed by atoms with van der Waals surface area (Å²) in [6.45, 7) is 4.51. The Kier molecular flexibility index (Phi) is 6.70. The van der Waals surface area contributed by atoms with Crippen molar-refractivity contribution in [3.8, 4) is 0 Å². The van der Waals surface area contributed by atoms with E-state index in [1.165, 1.54) is 7.11 Å². The van der Waals surface area contributed by atoms with Crippen molar-refractivity contribution >= 4 is 58.2 Å². The molecule has 33 heavy (non-hydrogen) atoms. The molecule has 0 bridgehead atoms. The van der Waals surface area contributed by atoms with Gasteiger partial charge < -0.3 is 14.2 Å². The van der Waals surface area contributed by atoms with Crippen LogP contribution in [-0.4, -0.2) is 42.1 Å². The maximum atomic E-state index is 13.0. The molecule has 0 N–H and O–H groups in total. The van der Waals surface area contributed by atoms with Gasteiger partial charge in [-0.25, -0.2) is 0 Å². The Morgan fingerprint density at radius 2 is 1.82 bits per heavy atom. The second-order valence-electron chi connectivity index (χ2n) is 11.0. The number of methoxy groups -OCH3 is 1. The molecule has 2 saturated heterocycles. The van der Waals surface area contributed by atoms with Crippen LogP contribution in [-0.2, 0) is 28.6 Å². The van der Waals surface area contributed by atoms with Gasteiger partial charge >= 0.3 is 11.9 Å². The summed E-state index contributed by atoms with van der Waals surface area (Å²) in [5.41, 5.74) is -0.175. The predicted octanol–water partition coefficient (Wildman–Crippen LogP) is 3.46. The van der Waals surface area contributed by atoms with E-state index in [0.29, 0.717) is 19.3 Å². The summed E-state index contributed by atoms with van der Waals surface area (Å²) in [6.07, 6.45) is 7.61. The highest BCUT2D eigenvalue weighted by Crippen LogP contribution is 2.78. The smallest absolute Gasteiger partial charge is 0.309 e. The van der Waals surface area contributed by atoms with E-state index in [4.69, 9.17) is 14.2 Å². The molecule has 0 aromatic rings. The first kappa shape index (κ1) is 27.0. The van der Waals surface area contributed by atoms with Gasteiger partial charge in [-0.1, -0.05) is 19.4 Å². The van der Waals surface area contributed by atoms with Gasteiger partial charge in [-0.2, -0.15) is 40.5 Å². The van der Waals surface area contributed by atoms with Gasteiger partial charge in [0.05, 0.1) is 19.1 Å². The minimum atomic E-state index is -0.424. The third-order valence-electron chi connectivity index (χ3n) is 10.2. The van der Waals surface area contributed by atoms with Gasteiger partial charge in [0.1, 0.15) is 11.2 Å². The van der Waals surface area contributed by atoms with Crippen LogP contribution in [0.2, 0.25) is 0 Å². The van der Waals surface area contributed by atoms with Crippen molar-refractivity contribution in [1.29, 1.82) is 0 Å². The number of rotatable bonds is 1. The van der Waals surface area contributed by atoms with Crippen molar-refractivity contribution in [3.05, 3.63) is 11.6 Å². The molecule has 5 fully saturated rings. The molecule has 9 heteroatoms. The van der Waals surface area contributed by atoms with Crippen LogP contribution in [0.25, 0.3) is 0 Å². The van der Waals surface area contributed by atoms with Crippen molar-refractivity contribution in [3.63, 3.8) is 0 Å². The Labute approximate surface area is 216 Å². The minimum absolute atomic E-state index is 0. The van der Waals surface area contributed by atoms with E-state index in [1.807, 2.05) is 0 Å². The maximum absolute atomic E-state index is 13.0. The monoisotopic (exact) mass is 516 g/mol. The van der Waals surface area contributed by atoms with E-state index in [0.717, 1.165) is 37.7 Å². The van der Waals surface area contributed by atoms with Gasteiger partial charge in [0, 0.05) is 29.6 Å². The lowest BCUT2D eigenvalue weighted by molar-refractivity contribution is -0.172. The fraction of sp³-hybridized carbons (Fsp3) is 0.792. The largest absolute Gasteiger partial charge is 0.469 e. The number of ketones is 1. The van der Waals surface area contributed by atoms with Crippen LogP contribution in [0.1, 0.15) is 65.2 Å². The van der Waals surface area contributed by atoms with E-state index in [-0.39, 0.29) is 92.9 Å². The molecule has 2 spiro atoms. The molecule has 4 aliphatic carbocycles. The van der Waals surface area contributed by atoms with Gasteiger partial charge in [0.15, 0.2) is 5.78 Å². The first-order valence-electron chi connectivity index (χ1n) is 11.4. The Hall–Kier alpha value is -0.640. The van der Waals surface area contributed by atoms with Crippen LogP contribution in [0.3, 0.4) is 0 Å². The molecule has 6 aliphatic rings. The summed E-state index contributed by atoms with van der Waals surface area (Å²) in [6, 6.07) is 0. The Morgan fingerprint density at radius 1 is 1.09 bits per heavy atom. The van der Waals surface area contributed by atoms with Gasteiger partial charge in [0.25, 0.3) is 0 Å². The van der Waals surface area contributed by atoms with Crippen LogP contribution in [0.5, 0.6) is 0 Å². The first-order chi connectivity index (χ1) is 14.2. The van der Waals surface area contributed by atoms with Gasteiger partial charge in [-0.05, 0) is 50.5 Å². The van der Waals surface area contributed by atoms with Crippen LogP contribution in [0.4, 0.5) is 0 Å². The number of esters is 2. The number of carbonyl (C=O) groups excluding carboxylic acids is 3. The van der Waals surface area contributed by atoms with Crippen molar-refractivity contribution in [2.24, 2.45) is 28.6 Å². The average molecular weight is 517 g/mol. The summed E-state index contributed by atoms with van der Waals surface area (Å²) >= 11 is 0. The Morgan fingerprint density at radius 3 is 2.45 bits per heavy atom. The van der Waals surface area contributed by atoms with Crippen LogP contribution in [0.15, 0.2) is 11.6 Å². The standard InChI is InChI=1S/C24H30O6.3H2S/c1-21-7-4-14(25)10-13(21)11-15(20(27)28-3)19-16-5-8-23(9-6-18(26)30-23)22(16,2)12-17-24(19,21)29-17;;;/h10,15-17,19H,4-9,11-12H2,1-3H3;3*1H2/t15-,16+,17-,19+,21+,22+,23-,24?;;;/m1.../s1. The lowest BCUT2D eigenvalue weighted by atomic mass is 9.43. The molecule has 0 aromatic heterocycles. The number of fused-ring (bicyclic) bond motifs is 4. The van der Waals surface area contributed by atoms with E-state index < -0.39 is 11.2 Å². The van der Waals surface area contributed by atoms with Crippen LogP contribution in [0, 0.1) is 28.6 Å². The van der Waals surface area contributed by atoms with Crippen molar-refractivity contribution in [1.82, 2.24) is 0 Å². The van der Waals surface area contributed by atoms with E-state index in [2.05, 4.69) is 13.8 Å². The molecule has 6 nitrogen and oxygen atoms in total. The highest BCUT2D eigenvalue weighted by atomic mass is 32.1. The fourth-order valence-electron chi connectivity index (χ4n) is 8.69. The number of hydrogen-bond acceptors (Lipinski definition) is 6. The SMILES string of the molecule is COC(=O)[C@@H]1CC2=CC(=O)CC[C@]2(C)C23O[C@@H]2C[C@@]2(C)[C@@H](CC[C@@]24CCC(=O)O4)[C@H]13.S.S.S. The first-order valence-corrected chi connectivity index (χ1v) is 11.4. The van der Waals surface area contributed by atoms with Gasteiger partial charge in [-0.15, -0.1) is 0 Å². The zero-order valence-corrected chi connectivity index (χ0v) is 22.5. The summed E-state index contributed by atoms with van der Waals surface area (Å²) in [5.74, 6) is -0.201. The van der Waals surface area contributed by atoms with E-state index in [9.17, 15) is 14.4 Å². The van der Waals surface area contributed by atoms with E-state index >= 15 is 0 Å². The molecule has 0 amide bonds. The zero-order valence-electron chi connectivity index (χ0n) is 19.5. The molecule has 2 aliphatic heterocycles. The molecule has 0 radical (unpaired) electrons. The zero-order chi connectivity index (χ0) is 21.1. The normalized spacial score (nSPS) is 48.4. The highest BCUT2D eigenvalue weighted by Gasteiger charge is 2.83. The second kappa shape index (κ2) is 8.20. The van der Waals surface area contributed by atoms with Crippen LogP contribution < -0.4 is 0 Å². The third-order valence-corrected chi connectivity index (χ3v) is 10.2. The molecular weight excluding hydrogens is 480 g/mol. The summed E-state index contributed by atoms with van der Waals surface area (Å²) < 4.78 is 17.9. The molecule has 0 aromatic carbocycles. The molecule has 1 unspecified atom stereocenters. The number of ether oxygens (including phenoxy) is 3. The molecule has 186 valence electrons. The molecule has 8 atom stereocenters. The maximum Gasteiger partial charge on any atom is 0.309 e. The lowest BCUT2D eigenvalue weighted by Crippen LogP contribution is -2.63. The molecule has 2 heterocycles. The van der Waals surface area contributed by atoms with Gasteiger partial charge in [0.2, 0.25) is 0 Å². The summed E-state index contributed by atoms with van der Waals surface area (Å²) in [7, 11) is 1.45. The summed E-state index contributed by atoms with van der Waals surface area (Å²) in [5, 5.41) is 0. The average Bonchev–Trinajstić information content (AvgIpc) is 3.20. The van der Waals surface area contributed by atoms with Gasteiger partial charge in [-0.3, -0.25) is 14.4 Å². The molecule has 3 saturated carbocycles. The quantitative estimate of drug-likeness (QED) is 0.392. The third kappa shape index (κ3) is 3.04. The topological polar surface area (TPSA) is 82.2 Å². The number of hydrogen-bond donors (Lipinski definition) is 0. The number of epoxide rings is 1. The van der Waals surface area contributed by atoms with Crippen molar-refractivity contribution in [2.45, 2.75) is 82.5 Å². The fourth-order valence-corrected chi connectivity index (χ4v) is 8.69. The summed E-state index contributed by atoms with van der Waals surface area (Å²) in [4.78, 5) is 37.4. The number of carbonyl (C=O) groups is 3. The Balaban J connectivity index is 0.00000102. The van der Waals surface area contributed by atoms with Crippen LogP contribution >= 0.6 is 40.5 Å². The minimum Gasteiger partial charge on any atom is -0.469 e. The van der Waals surface area contributed by atoms with Crippen molar-refractivity contribution in [2.75, 3.05) is 7.11 Å². The second-order valence-corrected chi connectivity index (χ2v) is 11.0. The predicted molar refractivity (Wildman–Crippen MR) is 136 cm³/mol. The lowest BCUT2D eigenvalue weighted by Gasteiger charge is -2.58. The molecular formula is C24H36O6S3. The van der Waals surface area contributed by atoms with E-state index in [1.54, 1.807) is 6.08 Å². The van der Waals surface area contributed by atoms with Crippen molar-refractivity contribution < 1.29 is 28.6 Å².